The van der Waals surface area contributed by atoms with Crippen molar-refractivity contribution in [3.05, 3.63) is 0 Å². The van der Waals surface area contributed by atoms with Crippen LogP contribution in [0.15, 0.2) is 0 Å². The second-order valence-electron chi connectivity index (χ2n) is 1.09. The molecule has 0 amide bonds. The van der Waals surface area contributed by atoms with Crippen LogP contribution in [0.4, 0.5) is 9.18 Å². The molecule has 0 aliphatic carbocycles. The van der Waals surface area contributed by atoms with E-state index in [1.807, 2.05) is 13.8 Å². The zero-order chi connectivity index (χ0) is 7.28. The molecule has 0 bridgehead atoms. The third-order valence-electron chi connectivity index (χ3n) is 0.556. The van der Waals surface area contributed by atoms with Gasteiger partial charge in [0.25, 0.3) is 6.36 Å². The highest BCUT2D eigenvalue weighted by atomic mass is 19.1. The Hall–Kier alpha value is -0.800. The van der Waals surface area contributed by atoms with Crippen molar-refractivity contribution >= 4 is 6.16 Å². The third-order valence-corrected chi connectivity index (χ3v) is 0.556. The first-order valence-electron chi connectivity index (χ1n) is 2.76. The summed E-state index contributed by atoms with van der Waals surface area (Å²) in [4.78, 5) is 9.77. The molecule has 0 aromatic carbocycles. The normalized spacial score (nSPS) is 23.4. The van der Waals surface area contributed by atoms with Crippen LogP contribution in [0.3, 0.4) is 0 Å². The zero-order valence-electron chi connectivity index (χ0n) is 5.39. The Morgan fingerprint density at radius 3 is 2.33 bits per heavy atom. The second-order valence-corrected chi connectivity index (χ2v) is 1.09. The van der Waals surface area contributed by atoms with Crippen LogP contribution in [0.5, 0.6) is 0 Å². The van der Waals surface area contributed by atoms with Crippen LogP contribution in [0.25, 0.3) is 0 Å². The quantitative estimate of drug-likeness (QED) is 0.473. The number of rotatable bonds is 0. The van der Waals surface area contributed by atoms with Crippen molar-refractivity contribution in [2.45, 2.75) is 20.2 Å². The highest BCUT2D eigenvalue weighted by Gasteiger charge is 2.23. The predicted octanol–water partition coefficient (Wildman–Crippen LogP) is 1.48. The van der Waals surface area contributed by atoms with E-state index in [-0.39, 0.29) is 6.61 Å². The van der Waals surface area contributed by atoms with Gasteiger partial charge in [-0.3, -0.25) is 0 Å². The van der Waals surface area contributed by atoms with Gasteiger partial charge in [0.2, 0.25) is 0 Å². The van der Waals surface area contributed by atoms with E-state index < -0.39 is 12.5 Å². The fourth-order valence-electron chi connectivity index (χ4n) is 0.306. The molecule has 0 aromatic heterocycles. The molecule has 1 unspecified atom stereocenters. The van der Waals surface area contributed by atoms with Crippen LogP contribution >= 0.6 is 0 Å². The van der Waals surface area contributed by atoms with Crippen LogP contribution < -0.4 is 0 Å². The van der Waals surface area contributed by atoms with Crippen molar-refractivity contribution in [1.82, 2.24) is 0 Å². The minimum Gasteiger partial charge on any atom is -0.427 e. The summed E-state index contributed by atoms with van der Waals surface area (Å²) in [6.07, 6.45) is -2.47. The molecule has 1 saturated heterocycles. The molecular weight excluding hydrogens is 127 g/mol. The van der Waals surface area contributed by atoms with Gasteiger partial charge in [-0.25, -0.2) is 4.79 Å². The number of alkyl halides is 1. The lowest BCUT2D eigenvalue weighted by Gasteiger charge is -1.85. The summed E-state index contributed by atoms with van der Waals surface area (Å²) in [5.74, 6) is 0. The Morgan fingerprint density at radius 1 is 1.67 bits per heavy atom. The molecule has 1 rings (SSSR count). The Morgan fingerprint density at radius 2 is 2.22 bits per heavy atom. The molecule has 1 aliphatic rings. The van der Waals surface area contributed by atoms with E-state index >= 15 is 0 Å². The standard InChI is InChI=1S/C3H3FO3.C2H6/c4-2-1-6-3(5)7-2;1-2/h2H,1H2;1-2H3. The van der Waals surface area contributed by atoms with Gasteiger partial charge in [-0.15, -0.1) is 0 Å². The number of ether oxygens (including phenoxy) is 2. The monoisotopic (exact) mass is 136 g/mol. The average Bonchev–Trinajstić information content (AvgIpc) is 2.20. The number of halogens is 1. The molecule has 4 heteroatoms. The lowest BCUT2D eigenvalue weighted by molar-refractivity contribution is 0.0573. The Bertz CT molecular complexity index is 94.2. The Balaban J connectivity index is 0.000000291. The van der Waals surface area contributed by atoms with Crippen molar-refractivity contribution in [3.63, 3.8) is 0 Å². The van der Waals surface area contributed by atoms with Crippen LogP contribution in [-0.4, -0.2) is 19.1 Å². The van der Waals surface area contributed by atoms with Gasteiger partial charge in [0, 0.05) is 0 Å². The summed E-state index contributed by atoms with van der Waals surface area (Å²) < 4.78 is 19.5. The summed E-state index contributed by atoms with van der Waals surface area (Å²) in [7, 11) is 0. The minimum atomic E-state index is -1.55. The van der Waals surface area contributed by atoms with Crippen LogP contribution in [-0.2, 0) is 9.47 Å². The SMILES string of the molecule is CC.O=C1OCC(F)O1. The summed E-state index contributed by atoms with van der Waals surface area (Å²) in [6, 6.07) is 0. The van der Waals surface area contributed by atoms with Gasteiger partial charge in [-0.2, -0.15) is 4.39 Å². The van der Waals surface area contributed by atoms with Gasteiger partial charge in [0.15, 0.2) is 6.61 Å². The molecule has 1 aliphatic heterocycles. The number of carbonyl (C=O) groups is 1. The highest BCUT2D eigenvalue weighted by molar-refractivity contribution is 5.61. The second kappa shape index (κ2) is 4.12. The molecule has 1 atom stereocenters. The Kier molecular flexibility index (Phi) is 3.75. The molecule has 1 heterocycles. The molecule has 0 saturated carbocycles. The van der Waals surface area contributed by atoms with E-state index in [0.717, 1.165) is 0 Å². The fourth-order valence-corrected chi connectivity index (χ4v) is 0.306. The lowest BCUT2D eigenvalue weighted by Crippen LogP contribution is -1.98. The summed E-state index contributed by atoms with van der Waals surface area (Å²) >= 11 is 0. The van der Waals surface area contributed by atoms with E-state index in [9.17, 15) is 9.18 Å². The molecule has 0 spiro atoms. The number of cyclic esters (lactones) is 2. The molecule has 3 nitrogen and oxygen atoms in total. The minimum absolute atomic E-state index is 0.265. The van der Waals surface area contributed by atoms with Gasteiger partial charge in [0.05, 0.1) is 0 Å². The van der Waals surface area contributed by atoms with Gasteiger partial charge in [-0.05, 0) is 0 Å². The molecule has 9 heavy (non-hydrogen) atoms. The number of carbonyl (C=O) groups excluding carboxylic acids is 1. The highest BCUT2D eigenvalue weighted by Crippen LogP contribution is 2.05. The van der Waals surface area contributed by atoms with Gasteiger partial charge in [0.1, 0.15) is 0 Å². The topological polar surface area (TPSA) is 35.5 Å². The van der Waals surface area contributed by atoms with Crippen LogP contribution in [0.2, 0.25) is 0 Å². The first-order chi connectivity index (χ1) is 4.29. The molecule has 54 valence electrons. The molecule has 0 radical (unpaired) electrons. The predicted molar refractivity (Wildman–Crippen MR) is 28.7 cm³/mol. The molecular formula is C5H9FO3. The summed E-state index contributed by atoms with van der Waals surface area (Å²) in [5, 5.41) is 0. The van der Waals surface area contributed by atoms with Crippen LogP contribution in [0.1, 0.15) is 13.8 Å². The zero-order valence-corrected chi connectivity index (χ0v) is 5.39. The van der Waals surface area contributed by atoms with E-state index in [0.29, 0.717) is 0 Å². The maximum atomic E-state index is 11.6. The first-order valence-corrected chi connectivity index (χ1v) is 2.76. The molecule has 1 fully saturated rings. The average molecular weight is 136 g/mol. The maximum absolute atomic E-state index is 11.6. The van der Waals surface area contributed by atoms with E-state index in [2.05, 4.69) is 9.47 Å². The first kappa shape index (κ1) is 8.20. The van der Waals surface area contributed by atoms with Crippen LogP contribution in [0, 0.1) is 0 Å². The largest absolute Gasteiger partial charge is 0.511 e. The van der Waals surface area contributed by atoms with Gasteiger partial charge < -0.3 is 9.47 Å². The summed E-state index contributed by atoms with van der Waals surface area (Å²) in [6.45, 7) is 3.73. The van der Waals surface area contributed by atoms with Crippen molar-refractivity contribution in [2.24, 2.45) is 0 Å². The molecule has 0 aromatic rings. The smallest absolute Gasteiger partial charge is 0.427 e. The van der Waals surface area contributed by atoms with Gasteiger partial charge >= 0.3 is 6.16 Å². The fraction of sp³-hybridized carbons (Fsp3) is 0.800. The van der Waals surface area contributed by atoms with E-state index in [1.54, 1.807) is 0 Å². The van der Waals surface area contributed by atoms with Crippen molar-refractivity contribution < 1.29 is 18.7 Å². The third kappa shape index (κ3) is 2.90. The molecule has 0 N–H and O–H groups in total. The maximum Gasteiger partial charge on any atom is 0.511 e. The van der Waals surface area contributed by atoms with E-state index in [1.165, 1.54) is 0 Å². The lowest BCUT2D eigenvalue weighted by atomic mass is 10.8. The summed E-state index contributed by atoms with van der Waals surface area (Å²) in [5.41, 5.74) is 0. The Labute approximate surface area is 52.8 Å². The van der Waals surface area contributed by atoms with Crippen molar-refractivity contribution in [1.29, 1.82) is 0 Å². The van der Waals surface area contributed by atoms with Crippen molar-refractivity contribution in [2.75, 3.05) is 6.61 Å². The number of hydrogen-bond acceptors (Lipinski definition) is 3. The number of hydrogen-bond donors (Lipinski definition) is 0. The van der Waals surface area contributed by atoms with Crippen molar-refractivity contribution in [3.8, 4) is 0 Å². The van der Waals surface area contributed by atoms with E-state index in [4.69, 9.17) is 0 Å². The van der Waals surface area contributed by atoms with Gasteiger partial charge in [-0.1, -0.05) is 13.8 Å².